The molecule has 2 aromatic carbocycles. The molecule has 0 unspecified atom stereocenters. The Morgan fingerprint density at radius 2 is 1.85 bits per heavy atom. The monoisotopic (exact) mass is 475 g/mol. The molecule has 3 atom stereocenters. The quantitative estimate of drug-likeness (QED) is 0.664. The first kappa shape index (κ1) is 25.2. The number of aliphatic hydroxyl groups is 1. The van der Waals surface area contributed by atoms with E-state index in [0.717, 1.165) is 11.1 Å². The van der Waals surface area contributed by atoms with Crippen LogP contribution >= 0.6 is 0 Å². The van der Waals surface area contributed by atoms with Crippen LogP contribution in [-0.2, 0) is 10.0 Å². The second-order valence-corrected chi connectivity index (χ2v) is 10.6. The first-order valence-corrected chi connectivity index (χ1v) is 12.4. The number of rotatable bonds is 6. The normalized spacial score (nSPS) is 21.3. The van der Waals surface area contributed by atoms with Crippen LogP contribution in [0.5, 0.6) is 5.75 Å². The van der Waals surface area contributed by atoms with Crippen molar-refractivity contribution in [3.63, 3.8) is 0 Å². The molecule has 33 heavy (non-hydrogen) atoms. The third-order valence-corrected chi connectivity index (χ3v) is 7.96. The van der Waals surface area contributed by atoms with Crippen molar-refractivity contribution < 1.29 is 23.1 Å². The summed E-state index contributed by atoms with van der Waals surface area (Å²) in [6.07, 6.45) is -0.256. The third-order valence-electron chi connectivity index (χ3n) is 5.94. The maximum absolute atomic E-state index is 13.5. The van der Waals surface area contributed by atoms with E-state index in [1.807, 2.05) is 26.1 Å². The Morgan fingerprint density at radius 3 is 2.42 bits per heavy atom. The Hall–Kier alpha value is -2.46. The molecule has 3 rings (SSSR count). The molecule has 0 aromatic heterocycles. The molecule has 2 N–H and O–H groups in total. The summed E-state index contributed by atoms with van der Waals surface area (Å²) in [7, 11) is 1.35. The minimum atomic E-state index is -3.87. The van der Waals surface area contributed by atoms with Crippen LogP contribution in [0.4, 0.5) is 0 Å². The van der Waals surface area contributed by atoms with Gasteiger partial charge < -0.3 is 20.1 Å². The van der Waals surface area contributed by atoms with Gasteiger partial charge in [0, 0.05) is 44.7 Å². The molecule has 0 aliphatic carbocycles. The van der Waals surface area contributed by atoms with E-state index in [1.165, 1.54) is 9.21 Å². The van der Waals surface area contributed by atoms with Gasteiger partial charge in [0.25, 0.3) is 5.91 Å². The maximum atomic E-state index is 13.5. The number of hydrogen-bond acceptors (Lipinski definition) is 6. The van der Waals surface area contributed by atoms with Crippen molar-refractivity contribution >= 4 is 15.9 Å². The van der Waals surface area contributed by atoms with Crippen LogP contribution in [0.2, 0.25) is 0 Å². The molecule has 0 radical (unpaired) electrons. The number of likely N-dealkylation sites (N-methyl/N-ethyl adjacent to an activating group) is 1. The molecule has 0 bridgehead atoms. The van der Waals surface area contributed by atoms with Crippen LogP contribution < -0.4 is 10.1 Å². The zero-order chi connectivity index (χ0) is 24.3. The number of benzene rings is 2. The van der Waals surface area contributed by atoms with Crippen molar-refractivity contribution in [3.8, 4) is 16.9 Å². The van der Waals surface area contributed by atoms with Gasteiger partial charge in [-0.05, 0) is 49.4 Å². The standard InChI is InChI=1S/C24H33N3O5S/c1-16-14-27(17(2)15-28)33(30,31)23-11-10-20(12-21(23)32-22(16)13-25-3)18-6-8-19(9-7-18)24(29)26(4)5/h6-12,16-17,22,25,28H,13-15H2,1-5H3/t16-,17-,22+/m0/s1. The summed E-state index contributed by atoms with van der Waals surface area (Å²) in [6, 6.07) is 11.7. The highest BCUT2D eigenvalue weighted by atomic mass is 32.2. The maximum Gasteiger partial charge on any atom is 0.253 e. The minimum absolute atomic E-state index is 0.0824. The number of amides is 1. The Kier molecular flexibility index (Phi) is 7.79. The molecule has 1 heterocycles. The number of nitrogens with zero attached hydrogens (tertiary/aromatic N) is 2. The number of carbonyl (C=O) groups is 1. The van der Waals surface area contributed by atoms with Gasteiger partial charge in [-0.3, -0.25) is 4.79 Å². The molecule has 1 aliphatic rings. The van der Waals surface area contributed by atoms with Crippen molar-refractivity contribution in [2.24, 2.45) is 5.92 Å². The van der Waals surface area contributed by atoms with Gasteiger partial charge in [0.15, 0.2) is 0 Å². The molecular formula is C24H33N3O5S. The molecule has 0 spiro atoms. The zero-order valence-electron chi connectivity index (χ0n) is 19.8. The average Bonchev–Trinajstić information content (AvgIpc) is 2.80. The lowest BCUT2D eigenvalue weighted by molar-refractivity contribution is 0.0827. The molecule has 0 saturated carbocycles. The number of carbonyl (C=O) groups excluding carboxylic acids is 1. The van der Waals surface area contributed by atoms with Gasteiger partial charge in [-0.1, -0.05) is 25.1 Å². The van der Waals surface area contributed by atoms with E-state index in [4.69, 9.17) is 4.74 Å². The fourth-order valence-corrected chi connectivity index (χ4v) is 5.74. The number of fused-ring (bicyclic) bond motifs is 1. The van der Waals surface area contributed by atoms with Crippen molar-refractivity contribution in [2.45, 2.75) is 30.9 Å². The van der Waals surface area contributed by atoms with Crippen LogP contribution in [0, 0.1) is 5.92 Å². The summed E-state index contributed by atoms with van der Waals surface area (Å²) in [5, 5.41) is 12.8. The average molecular weight is 476 g/mol. The number of nitrogens with one attached hydrogen (secondary N) is 1. The second kappa shape index (κ2) is 10.2. The smallest absolute Gasteiger partial charge is 0.253 e. The van der Waals surface area contributed by atoms with E-state index >= 15 is 0 Å². The van der Waals surface area contributed by atoms with Gasteiger partial charge in [-0.2, -0.15) is 4.31 Å². The van der Waals surface area contributed by atoms with Gasteiger partial charge in [-0.25, -0.2) is 8.42 Å². The van der Waals surface area contributed by atoms with Crippen molar-refractivity contribution in [2.75, 3.05) is 40.8 Å². The van der Waals surface area contributed by atoms with Crippen LogP contribution in [0.3, 0.4) is 0 Å². The number of sulfonamides is 1. The fraction of sp³-hybridized carbons (Fsp3) is 0.458. The van der Waals surface area contributed by atoms with Crippen molar-refractivity contribution in [3.05, 3.63) is 48.0 Å². The topological polar surface area (TPSA) is 99.2 Å². The highest BCUT2D eigenvalue weighted by molar-refractivity contribution is 7.89. The highest BCUT2D eigenvalue weighted by Crippen LogP contribution is 2.36. The number of hydrogen-bond donors (Lipinski definition) is 2. The van der Waals surface area contributed by atoms with E-state index in [0.29, 0.717) is 12.1 Å². The van der Waals surface area contributed by atoms with Gasteiger partial charge in [0.1, 0.15) is 16.7 Å². The minimum Gasteiger partial charge on any atom is -0.487 e. The summed E-state index contributed by atoms with van der Waals surface area (Å²) < 4.78 is 34.6. The highest BCUT2D eigenvalue weighted by Gasteiger charge is 2.37. The summed E-state index contributed by atoms with van der Waals surface area (Å²) >= 11 is 0. The molecule has 2 aromatic rings. The third kappa shape index (κ3) is 5.22. The van der Waals surface area contributed by atoms with E-state index in [-0.39, 0.29) is 41.7 Å². The lowest BCUT2D eigenvalue weighted by Gasteiger charge is -2.36. The molecule has 180 valence electrons. The zero-order valence-corrected chi connectivity index (χ0v) is 20.6. The Balaban J connectivity index is 2.07. The molecule has 1 amide bonds. The van der Waals surface area contributed by atoms with Crippen molar-refractivity contribution in [1.82, 2.24) is 14.5 Å². The van der Waals surface area contributed by atoms with E-state index < -0.39 is 16.1 Å². The Bertz CT molecular complexity index is 1090. The predicted octanol–water partition coefficient (Wildman–Crippen LogP) is 2.04. The lowest BCUT2D eigenvalue weighted by atomic mass is 10.0. The molecular weight excluding hydrogens is 442 g/mol. The van der Waals surface area contributed by atoms with Gasteiger partial charge in [0.05, 0.1) is 6.61 Å². The van der Waals surface area contributed by atoms with Crippen LogP contribution in [0.25, 0.3) is 11.1 Å². The van der Waals surface area contributed by atoms with Crippen LogP contribution in [0.1, 0.15) is 24.2 Å². The largest absolute Gasteiger partial charge is 0.487 e. The Morgan fingerprint density at radius 1 is 1.21 bits per heavy atom. The Labute approximate surface area is 196 Å². The predicted molar refractivity (Wildman–Crippen MR) is 128 cm³/mol. The van der Waals surface area contributed by atoms with E-state index in [1.54, 1.807) is 51.4 Å². The van der Waals surface area contributed by atoms with Gasteiger partial charge >= 0.3 is 0 Å². The van der Waals surface area contributed by atoms with Crippen molar-refractivity contribution in [1.29, 1.82) is 0 Å². The van der Waals surface area contributed by atoms with Gasteiger partial charge in [-0.15, -0.1) is 0 Å². The summed E-state index contributed by atoms with van der Waals surface area (Å²) in [6.45, 7) is 4.18. The lowest BCUT2D eigenvalue weighted by Crippen LogP contribution is -2.49. The van der Waals surface area contributed by atoms with Crippen LogP contribution in [-0.4, -0.2) is 81.6 Å². The summed E-state index contributed by atoms with van der Waals surface area (Å²) in [4.78, 5) is 13.8. The van der Waals surface area contributed by atoms with E-state index in [9.17, 15) is 18.3 Å². The first-order valence-electron chi connectivity index (χ1n) is 11.0. The molecule has 8 nitrogen and oxygen atoms in total. The molecule has 0 saturated heterocycles. The summed E-state index contributed by atoms with van der Waals surface area (Å²) in [5.41, 5.74) is 2.20. The number of aliphatic hydroxyl groups excluding tert-OH is 1. The van der Waals surface area contributed by atoms with E-state index in [2.05, 4.69) is 5.32 Å². The van der Waals surface area contributed by atoms with Gasteiger partial charge in [0.2, 0.25) is 10.0 Å². The molecule has 9 heteroatoms. The number of ether oxygens (including phenoxy) is 1. The SMILES string of the molecule is CNC[C@H]1Oc2cc(-c3ccc(C(=O)N(C)C)cc3)ccc2S(=O)(=O)N([C@@H](C)CO)C[C@@H]1C. The first-order chi connectivity index (χ1) is 15.6. The summed E-state index contributed by atoms with van der Waals surface area (Å²) in [5.74, 6) is 0.0911. The second-order valence-electron chi connectivity index (χ2n) is 8.74. The molecule has 0 fully saturated rings. The van der Waals surface area contributed by atoms with Crippen LogP contribution in [0.15, 0.2) is 47.4 Å². The molecule has 1 aliphatic heterocycles. The fourth-order valence-electron chi connectivity index (χ4n) is 3.91.